The van der Waals surface area contributed by atoms with Crippen molar-refractivity contribution in [2.75, 3.05) is 36.4 Å². The normalized spacial score (nSPS) is 14.0. The number of nitrogens with zero attached hydrogens (tertiary/aromatic N) is 4. The number of piperazine rings is 1. The maximum absolute atomic E-state index is 13.2. The summed E-state index contributed by atoms with van der Waals surface area (Å²) in [7, 11) is 0. The number of anilines is 2. The summed E-state index contributed by atoms with van der Waals surface area (Å²) < 4.78 is 18.4. The van der Waals surface area contributed by atoms with Crippen molar-refractivity contribution < 1.29 is 18.4 Å². The maximum Gasteiger partial charge on any atom is 0.289 e. The minimum atomic E-state index is -0.469. The lowest BCUT2D eigenvalue weighted by atomic mass is 10.2. The van der Waals surface area contributed by atoms with Gasteiger partial charge < -0.3 is 19.5 Å². The number of nitrogens with one attached hydrogen (secondary N) is 1. The van der Waals surface area contributed by atoms with Crippen LogP contribution in [0.3, 0.4) is 0 Å². The molecule has 0 atom stereocenters. The summed E-state index contributed by atoms with van der Waals surface area (Å²) in [5, 5.41) is 10.7. The highest BCUT2D eigenvalue weighted by atomic mass is 19.1. The van der Waals surface area contributed by atoms with Gasteiger partial charge in [0.15, 0.2) is 17.3 Å². The number of rotatable bonds is 4. The number of carbonyl (C=O) groups excluding carboxylic acids is 2. The average Bonchev–Trinajstić information content (AvgIpc) is 3.28. The molecule has 0 bridgehead atoms. The molecule has 1 aliphatic heterocycles. The first-order chi connectivity index (χ1) is 14.1. The Morgan fingerprint density at radius 1 is 1.00 bits per heavy atom. The van der Waals surface area contributed by atoms with Crippen LogP contribution in [0.25, 0.3) is 0 Å². The Balaban J connectivity index is 1.35. The van der Waals surface area contributed by atoms with Crippen LogP contribution in [-0.4, -0.2) is 53.1 Å². The SMILES string of the molecule is O=C(Nc1cccc(F)c1)c1ccc(N2CCN(C(=O)c3ccco3)CC2)nn1. The second kappa shape index (κ2) is 8.09. The Morgan fingerprint density at radius 3 is 2.48 bits per heavy atom. The number of aromatic nitrogens is 2. The van der Waals surface area contributed by atoms with Gasteiger partial charge in [0.1, 0.15) is 5.82 Å². The quantitative estimate of drug-likeness (QED) is 0.730. The number of hydrogen-bond acceptors (Lipinski definition) is 6. The minimum absolute atomic E-state index is 0.129. The Morgan fingerprint density at radius 2 is 1.83 bits per heavy atom. The molecule has 0 unspecified atom stereocenters. The first-order valence-corrected chi connectivity index (χ1v) is 9.08. The third-order valence-corrected chi connectivity index (χ3v) is 4.59. The van der Waals surface area contributed by atoms with Gasteiger partial charge in [-0.3, -0.25) is 9.59 Å². The molecule has 2 amide bonds. The van der Waals surface area contributed by atoms with Gasteiger partial charge in [-0.25, -0.2) is 4.39 Å². The summed E-state index contributed by atoms with van der Waals surface area (Å²) >= 11 is 0. The summed E-state index contributed by atoms with van der Waals surface area (Å²) in [6.45, 7) is 2.25. The van der Waals surface area contributed by atoms with Crippen LogP contribution in [0, 0.1) is 5.82 Å². The Labute approximate surface area is 165 Å². The largest absolute Gasteiger partial charge is 0.459 e. The lowest BCUT2D eigenvalue weighted by Gasteiger charge is -2.34. The van der Waals surface area contributed by atoms with E-state index in [1.165, 1.54) is 24.5 Å². The molecule has 1 saturated heterocycles. The van der Waals surface area contributed by atoms with Crippen LogP contribution >= 0.6 is 0 Å². The van der Waals surface area contributed by atoms with E-state index < -0.39 is 11.7 Å². The van der Waals surface area contributed by atoms with Crippen LogP contribution < -0.4 is 10.2 Å². The molecule has 9 heteroatoms. The molecular weight excluding hydrogens is 377 g/mol. The van der Waals surface area contributed by atoms with Crippen LogP contribution in [0.4, 0.5) is 15.9 Å². The lowest BCUT2D eigenvalue weighted by Crippen LogP contribution is -2.49. The summed E-state index contributed by atoms with van der Waals surface area (Å²) in [5.74, 6) is -0.0909. The Hall–Kier alpha value is -3.75. The summed E-state index contributed by atoms with van der Waals surface area (Å²) in [6.07, 6.45) is 1.48. The van der Waals surface area contributed by atoms with Gasteiger partial charge >= 0.3 is 0 Å². The number of carbonyl (C=O) groups is 2. The molecule has 29 heavy (non-hydrogen) atoms. The standard InChI is InChI=1S/C20H18FN5O3/c21-14-3-1-4-15(13-14)22-19(27)16-6-7-18(24-23-16)25-8-10-26(11-9-25)20(28)17-5-2-12-29-17/h1-7,12-13H,8-11H2,(H,22,27). The van der Waals surface area contributed by atoms with Crippen LogP contribution in [0.2, 0.25) is 0 Å². The molecule has 148 valence electrons. The molecule has 0 spiro atoms. The first-order valence-electron chi connectivity index (χ1n) is 9.08. The van der Waals surface area contributed by atoms with E-state index in [0.29, 0.717) is 43.4 Å². The smallest absolute Gasteiger partial charge is 0.289 e. The summed E-state index contributed by atoms with van der Waals surface area (Å²) in [4.78, 5) is 28.3. The predicted molar refractivity (Wildman–Crippen MR) is 103 cm³/mol. The number of furan rings is 1. The van der Waals surface area contributed by atoms with Crippen molar-refractivity contribution >= 4 is 23.3 Å². The molecule has 1 N–H and O–H groups in total. The zero-order chi connectivity index (χ0) is 20.2. The van der Waals surface area contributed by atoms with Crippen molar-refractivity contribution in [1.82, 2.24) is 15.1 Å². The average molecular weight is 395 g/mol. The molecular formula is C20H18FN5O3. The number of halogens is 1. The van der Waals surface area contributed by atoms with Crippen LogP contribution in [0.5, 0.6) is 0 Å². The molecule has 2 aromatic heterocycles. The van der Waals surface area contributed by atoms with E-state index in [9.17, 15) is 14.0 Å². The third kappa shape index (κ3) is 4.23. The number of amides is 2. The van der Waals surface area contributed by atoms with E-state index in [1.54, 1.807) is 35.2 Å². The fourth-order valence-corrected chi connectivity index (χ4v) is 3.07. The molecule has 0 saturated carbocycles. The predicted octanol–water partition coefficient (Wildman–Crippen LogP) is 2.42. The van der Waals surface area contributed by atoms with Crippen molar-refractivity contribution in [2.45, 2.75) is 0 Å². The number of benzene rings is 1. The topological polar surface area (TPSA) is 91.6 Å². The van der Waals surface area contributed by atoms with E-state index in [1.807, 2.05) is 4.90 Å². The van der Waals surface area contributed by atoms with Gasteiger partial charge in [-0.15, -0.1) is 10.2 Å². The highest BCUT2D eigenvalue weighted by molar-refractivity contribution is 6.02. The van der Waals surface area contributed by atoms with E-state index in [2.05, 4.69) is 15.5 Å². The first kappa shape index (κ1) is 18.6. The van der Waals surface area contributed by atoms with Gasteiger partial charge in [-0.05, 0) is 42.5 Å². The molecule has 0 radical (unpaired) electrons. The summed E-state index contributed by atoms with van der Waals surface area (Å²) in [6, 6.07) is 12.2. The van der Waals surface area contributed by atoms with Crippen molar-refractivity contribution in [1.29, 1.82) is 0 Å². The molecule has 1 aliphatic rings. The number of hydrogen-bond donors (Lipinski definition) is 1. The molecule has 1 aromatic carbocycles. The van der Waals surface area contributed by atoms with E-state index in [-0.39, 0.29) is 11.6 Å². The fraction of sp³-hybridized carbons (Fsp3) is 0.200. The van der Waals surface area contributed by atoms with Gasteiger partial charge in [0.25, 0.3) is 11.8 Å². The van der Waals surface area contributed by atoms with Crippen LogP contribution in [0.1, 0.15) is 21.0 Å². The van der Waals surface area contributed by atoms with Gasteiger partial charge in [-0.2, -0.15) is 0 Å². The zero-order valence-corrected chi connectivity index (χ0v) is 15.4. The molecule has 4 rings (SSSR count). The van der Waals surface area contributed by atoms with Gasteiger partial charge in [0.2, 0.25) is 0 Å². The van der Waals surface area contributed by atoms with Crippen LogP contribution in [-0.2, 0) is 0 Å². The fourth-order valence-electron chi connectivity index (χ4n) is 3.07. The van der Waals surface area contributed by atoms with Gasteiger partial charge in [-0.1, -0.05) is 6.07 Å². The molecule has 0 aliphatic carbocycles. The Kier molecular flexibility index (Phi) is 5.19. The molecule has 3 heterocycles. The van der Waals surface area contributed by atoms with E-state index >= 15 is 0 Å². The van der Waals surface area contributed by atoms with Gasteiger partial charge in [0.05, 0.1) is 6.26 Å². The van der Waals surface area contributed by atoms with Crippen molar-refractivity contribution in [3.8, 4) is 0 Å². The third-order valence-electron chi connectivity index (χ3n) is 4.59. The minimum Gasteiger partial charge on any atom is -0.459 e. The molecule has 1 fully saturated rings. The highest BCUT2D eigenvalue weighted by Gasteiger charge is 2.24. The van der Waals surface area contributed by atoms with Crippen molar-refractivity contribution in [3.63, 3.8) is 0 Å². The molecule has 8 nitrogen and oxygen atoms in total. The van der Waals surface area contributed by atoms with E-state index in [0.717, 1.165) is 0 Å². The maximum atomic E-state index is 13.2. The van der Waals surface area contributed by atoms with Crippen molar-refractivity contribution in [3.05, 3.63) is 72.1 Å². The second-order valence-electron chi connectivity index (χ2n) is 6.50. The highest BCUT2D eigenvalue weighted by Crippen LogP contribution is 2.16. The van der Waals surface area contributed by atoms with Gasteiger partial charge in [0, 0.05) is 31.9 Å². The monoisotopic (exact) mass is 395 g/mol. The van der Waals surface area contributed by atoms with Crippen molar-refractivity contribution in [2.24, 2.45) is 0 Å². The molecule has 3 aromatic rings. The van der Waals surface area contributed by atoms with E-state index in [4.69, 9.17) is 4.42 Å². The lowest BCUT2D eigenvalue weighted by molar-refractivity contribution is 0.0714. The van der Waals surface area contributed by atoms with Crippen LogP contribution in [0.15, 0.2) is 59.2 Å². The summed E-state index contributed by atoms with van der Waals surface area (Å²) in [5.41, 5.74) is 0.475. The Bertz CT molecular complexity index is 999. The second-order valence-corrected chi connectivity index (χ2v) is 6.50. The zero-order valence-electron chi connectivity index (χ0n) is 15.4.